The molecule has 0 amide bonds. The van der Waals surface area contributed by atoms with Gasteiger partial charge in [-0.25, -0.2) is 0 Å². The quantitative estimate of drug-likeness (QED) is 0.227. The number of methoxy groups -OCH3 is 1. The van der Waals surface area contributed by atoms with E-state index < -0.39 is 29.9 Å². The van der Waals surface area contributed by atoms with Crippen LogP contribution < -0.4 is 9.62 Å². The molecule has 3 aromatic heterocycles. The van der Waals surface area contributed by atoms with E-state index >= 15 is 0 Å². The number of aromatic nitrogens is 4. The molecule has 0 radical (unpaired) electrons. The molecular formula is C29H37F3N6O3SSe. The number of pyridine rings is 1. The molecule has 7 rings (SSSR count). The summed E-state index contributed by atoms with van der Waals surface area (Å²) in [5.41, 5.74) is 2.57. The van der Waals surface area contributed by atoms with Crippen molar-refractivity contribution in [3.63, 3.8) is 0 Å². The Bertz CT molecular complexity index is 1500. The minimum atomic E-state index is -2.83. The third-order valence-electron chi connectivity index (χ3n) is 9.61. The fourth-order valence-corrected chi connectivity index (χ4v) is 9.09. The standard InChI is InChI=1S/C29H37F3N6O3SSe/c1-16(30)24-34-35-25(43-24)20-21(29(39-4)7-8-29)33-23-19(13-18(14-38(20)23)42-36-27(3)5-6-27)37-11-9-28(10-12-37)15-40-17(2)22(28)41-26(31)32/h13-14,16-17,22,26,36H,5-12,15H2,1-4H3/t16?,17-,22?/m0/s1. The topological polar surface area (TPSA) is 86.0 Å². The molecular weight excluding hydrogens is 648 g/mol. The summed E-state index contributed by atoms with van der Waals surface area (Å²) in [7, 11) is 1.71. The van der Waals surface area contributed by atoms with Gasteiger partial charge in [0.2, 0.25) is 0 Å². The number of piperidine rings is 1. The van der Waals surface area contributed by atoms with Crippen LogP contribution in [-0.2, 0) is 19.8 Å². The SMILES string of the molecule is COC1(c2nc3c(N4CCC5(CC4)CO[C@@H](C)C5OC(F)F)cc(SNC4(C)CC4)cn3c2-c2nnc(C(C)F)[se]2)CC1. The van der Waals surface area contributed by atoms with Gasteiger partial charge in [0.1, 0.15) is 0 Å². The number of rotatable bonds is 10. The monoisotopic (exact) mass is 686 g/mol. The number of ether oxygens (including phenoxy) is 3. The van der Waals surface area contributed by atoms with Gasteiger partial charge in [0, 0.05) is 0 Å². The van der Waals surface area contributed by atoms with Crippen molar-refractivity contribution < 1.29 is 27.4 Å². The molecule has 2 aliphatic carbocycles. The number of halogens is 3. The number of fused-ring (bicyclic) bond motifs is 1. The van der Waals surface area contributed by atoms with Crippen molar-refractivity contribution in [2.75, 3.05) is 31.7 Å². The summed E-state index contributed by atoms with van der Waals surface area (Å²) in [4.78, 5) is 8.54. The number of anilines is 1. The Balaban J connectivity index is 1.30. The van der Waals surface area contributed by atoms with E-state index in [4.69, 9.17) is 19.2 Å². The van der Waals surface area contributed by atoms with E-state index in [2.05, 4.69) is 43.4 Å². The second-order valence-corrected chi connectivity index (χ2v) is 15.8. The number of nitrogens with one attached hydrogen (secondary N) is 1. The van der Waals surface area contributed by atoms with Crippen LogP contribution in [-0.4, -0.2) is 85.3 Å². The van der Waals surface area contributed by atoms with Crippen LogP contribution in [0.1, 0.15) is 75.7 Å². The average molecular weight is 686 g/mol. The Labute approximate surface area is 259 Å². The van der Waals surface area contributed by atoms with E-state index in [9.17, 15) is 13.2 Å². The van der Waals surface area contributed by atoms with Crippen LogP contribution in [0.5, 0.6) is 0 Å². The molecule has 2 aliphatic heterocycles. The second kappa shape index (κ2) is 11.0. The fourth-order valence-electron chi connectivity index (χ4n) is 6.48. The molecule has 2 saturated heterocycles. The van der Waals surface area contributed by atoms with Gasteiger partial charge >= 0.3 is 251 Å². The van der Waals surface area contributed by atoms with Crippen LogP contribution >= 0.6 is 11.9 Å². The van der Waals surface area contributed by atoms with Gasteiger partial charge in [0.15, 0.2) is 0 Å². The Morgan fingerprint density at radius 3 is 2.49 bits per heavy atom. The Hall–Kier alpha value is -1.67. The second-order valence-electron chi connectivity index (χ2n) is 12.8. The molecule has 234 valence electrons. The molecule has 5 heterocycles. The molecule has 3 atom stereocenters. The fraction of sp³-hybridized carbons (Fsp3) is 0.690. The van der Waals surface area contributed by atoms with E-state index in [0.29, 0.717) is 37.1 Å². The van der Waals surface area contributed by atoms with Crippen LogP contribution in [0.4, 0.5) is 18.9 Å². The molecule has 4 fully saturated rings. The van der Waals surface area contributed by atoms with E-state index in [-0.39, 0.29) is 26.1 Å². The van der Waals surface area contributed by atoms with Crippen molar-refractivity contribution in [2.24, 2.45) is 5.41 Å². The van der Waals surface area contributed by atoms with Gasteiger partial charge in [-0.15, -0.1) is 0 Å². The zero-order chi connectivity index (χ0) is 30.1. The molecule has 4 aliphatic rings. The average Bonchev–Trinajstić information content (AvgIpc) is 3.80. The molecule has 9 nitrogen and oxygen atoms in total. The molecule has 14 heteroatoms. The van der Waals surface area contributed by atoms with Crippen molar-refractivity contribution in [1.82, 2.24) is 24.3 Å². The maximum atomic E-state index is 14.3. The molecule has 1 spiro atoms. The number of imidazole rings is 1. The Morgan fingerprint density at radius 2 is 1.88 bits per heavy atom. The van der Waals surface area contributed by atoms with Crippen molar-refractivity contribution >= 4 is 37.8 Å². The Kier molecular flexibility index (Phi) is 7.67. The summed E-state index contributed by atoms with van der Waals surface area (Å²) < 4.78 is 64.8. The zero-order valence-electron chi connectivity index (χ0n) is 24.7. The summed E-state index contributed by atoms with van der Waals surface area (Å²) in [6, 6.07) is 2.16. The summed E-state index contributed by atoms with van der Waals surface area (Å²) in [5, 5.41) is 8.68. The molecule has 2 saturated carbocycles. The normalized spacial score (nSPS) is 26.1. The summed E-state index contributed by atoms with van der Waals surface area (Å²) in [6.07, 6.45) is 5.18. The third-order valence-corrected chi connectivity index (χ3v) is 12.9. The number of hydrogen-bond donors (Lipinski definition) is 1. The van der Waals surface area contributed by atoms with Gasteiger partial charge in [-0.2, -0.15) is 8.78 Å². The third kappa shape index (κ3) is 5.44. The van der Waals surface area contributed by atoms with E-state index in [1.807, 2.05) is 6.92 Å². The van der Waals surface area contributed by atoms with Gasteiger partial charge in [-0.05, 0) is 0 Å². The first-order valence-corrected chi connectivity index (χ1v) is 17.4. The van der Waals surface area contributed by atoms with Gasteiger partial charge < -0.3 is 0 Å². The van der Waals surface area contributed by atoms with Crippen molar-refractivity contribution in [2.45, 2.75) is 100 Å². The number of nitrogens with zero attached hydrogens (tertiary/aromatic N) is 5. The van der Waals surface area contributed by atoms with Gasteiger partial charge in [0.05, 0.1) is 0 Å². The minimum absolute atomic E-state index is 0.117. The summed E-state index contributed by atoms with van der Waals surface area (Å²) in [5.74, 6) is 0. The number of hydrogen-bond acceptors (Lipinski definition) is 9. The molecule has 0 bridgehead atoms. The first-order chi connectivity index (χ1) is 20.6. The summed E-state index contributed by atoms with van der Waals surface area (Å²) >= 11 is 1.23. The van der Waals surface area contributed by atoms with Gasteiger partial charge in [0.25, 0.3) is 0 Å². The molecule has 0 aromatic carbocycles. The maximum absolute atomic E-state index is 14.3. The first kappa shape index (κ1) is 30.0. The van der Waals surface area contributed by atoms with Crippen LogP contribution in [0.25, 0.3) is 15.9 Å². The van der Waals surface area contributed by atoms with Crippen LogP contribution in [0, 0.1) is 5.41 Å². The van der Waals surface area contributed by atoms with Gasteiger partial charge in [-0.1, -0.05) is 0 Å². The predicted molar refractivity (Wildman–Crippen MR) is 157 cm³/mol. The molecule has 1 N–H and O–H groups in total. The zero-order valence-corrected chi connectivity index (χ0v) is 27.3. The number of alkyl halides is 3. The van der Waals surface area contributed by atoms with E-state index in [1.165, 1.54) is 6.92 Å². The van der Waals surface area contributed by atoms with Crippen molar-refractivity contribution in [3.05, 3.63) is 22.5 Å². The molecule has 43 heavy (non-hydrogen) atoms. The van der Waals surface area contributed by atoms with Crippen LogP contribution in [0.15, 0.2) is 17.2 Å². The van der Waals surface area contributed by atoms with E-state index in [1.54, 1.807) is 19.1 Å². The van der Waals surface area contributed by atoms with Crippen molar-refractivity contribution in [1.29, 1.82) is 0 Å². The van der Waals surface area contributed by atoms with Crippen molar-refractivity contribution in [3.8, 4) is 10.3 Å². The Morgan fingerprint density at radius 1 is 1.14 bits per heavy atom. The van der Waals surface area contributed by atoms with E-state index in [0.717, 1.165) is 57.9 Å². The van der Waals surface area contributed by atoms with Crippen LogP contribution in [0.2, 0.25) is 0 Å². The van der Waals surface area contributed by atoms with Crippen LogP contribution in [0.3, 0.4) is 0 Å². The first-order valence-electron chi connectivity index (χ1n) is 14.9. The molecule has 3 aromatic rings. The summed E-state index contributed by atoms with van der Waals surface area (Å²) in [6.45, 7) is 4.42. The van der Waals surface area contributed by atoms with Gasteiger partial charge in [-0.3, -0.25) is 0 Å². The predicted octanol–water partition coefficient (Wildman–Crippen LogP) is 5.28. The molecule has 2 unspecified atom stereocenters.